The molecule has 1 saturated carbocycles. The second-order valence-electron chi connectivity index (χ2n) is 9.70. The van der Waals surface area contributed by atoms with Crippen molar-refractivity contribution in [3.8, 4) is 22.6 Å². The summed E-state index contributed by atoms with van der Waals surface area (Å²) in [6.07, 6.45) is 5.74. The maximum absolute atomic E-state index is 13.8. The minimum Gasteiger partial charge on any atom is -0.355 e. The van der Waals surface area contributed by atoms with Crippen LogP contribution in [0.25, 0.3) is 22.6 Å². The molecule has 3 aromatic carbocycles. The molecule has 4 nitrogen and oxygen atoms in total. The van der Waals surface area contributed by atoms with Crippen molar-refractivity contribution in [3.05, 3.63) is 94.5 Å². The van der Waals surface area contributed by atoms with Gasteiger partial charge < -0.3 is 9.42 Å². The molecule has 2 aliphatic rings. The minimum atomic E-state index is -0.491. The molecule has 6 rings (SSSR count). The fourth-order valence-corrected chi connectivity index (χ4v) is 5.98. The summed E-state index contributed by atoms with van der Waals surface area (Å²) in [5.74, 6) is 0.960. The minimum absolute atomic E-state index is 0.138. The molecule has 0 aliphatic heterocycles. The number of anilines is 1. The molecule has 35 heavy (non-hydrogen) atoms. The number of amides is 1. The fraction of sp³-hybridized carbons (Fsp3) is 0.267. The summed E-state index contributed by atoms with van der Waals surface area (Å²) in [5, 5.41) is 5.10. The van der Waals surface area contributed by atoms with Gasteiger partial charge in [0.25, 0.3) is 0 Å². The maximum atomic E-state index is 13.8. The van der Waals surface area contributed by atoms with Crippen LogP contribution in [-0.2, 0) is 23.1 Å². The van der Waals surface area contributed by atoms with Crippen molar-refractivity contribution in [2.24, 2.45) is 0 Å². The van der Waals surface area contributed by atoms with Crippen molar-refractivity contribution < 1.29 is 9.32 Å². The Kier molecular flexibility index (Phi) is 5.49. The molecule has 0 unspecified atom stereocenters. The van der Waals surface area contributed by atoms with E-state index in [-0.39, 0.29) is 5.91 Å². The van der Waals surface area contributed by atoms with E-state index in [9.17, 15) is 4.79 Å². The van der Waals surface area contributed by atoms with Gasteiger partial charge in [-0.05, 0) is 73.2 Å². The van der Waals surface area contributed by atoms with E-state index in [0.29, 0.717) is 5.02 Å². The summed E-state index contributed by atoms with van der Waals surface area (Å²) >= 11 is 6.12. The molecule has 4 aromatic rings. The largest absolute Gasteiger partial charge is 0.355 e. The summed E-state index contributed by atoms with van der Waals surface area (Å²) in [6.45, 7) is 0. The number of likely N-dealkylation sites (N-methyl/N-ethyl adjacent to an activating group) is 1. The average molecular weight is 483 g/mol. The Labute approximate surface area is 210 Å². The number of rotatable bonds is 4. The standard InChI is InChI=1S/C30H27ClN2O2/c1-33(29(34)30(18-4-5-19-30)22-11-13-23(31)14-12-22)24-15-8-21(9-16-24)28-26-17-10-20-6-2-3-7-25(20)27(26)32-35-28/h2-3,6-9,11-16H,4-5,10,17-19H2,1H3. The number of aryl methyl sites for hydroxylation is 1. The van der Waals surface area contributed by atoms with Gasteiger partial charge in [-0.25, -0.2) is 0 Å². The van der Waals surface area contributed by atoms with E-state index in [4.69, 9.17) is 16.1 Å². The van der Waals surface area contributed by atoms with Crippen molar-refractivity contribution in [1.29, 1.82) is 0 Å². The Hall–Kier alpha value is -3.37. The fourth-order valence-electron chi connectivity index (χ4n) is 5.86. The third-order valence-electron chi connectivity index (χ3n) is 7.79. The summed E-state index contributed by atoms with van der Waals surface area (Å²) in [6, 6.07) is 24.3. The maximum Gasteiger partial charge on any atom is 0.237 e. The Morgan fingerprint density at radius 1 is 0.943 bits per heavy atom. The highest BCUT2D eigenvalue weighted by atomic mass is 35.5. The summed E-state index contributed by atoms with van der Waals surface area (Å²) in [7, 11) is 1.88. The molecule has 0 spiro atoms. The molecule has 1 aromatic heterocycles. The molecule has 0 bridgehead atoms. The molecular formula is C30H27ClN2O2. The van der Waals surface area contributed by atoms with E-state index in [1.54, 1.807) is 4.90 Å². The molecule has 1 heterocycles. The smallest absolute Gasteiger partial charge is 0.237 e. The summed E-state index contributed by atoms with van der Waals surface area (Å²) in [5.41, 5.74) is 7.01. The van der Waals surface area contributed by atoms with Gasteiger partial charge in [-0.1, -0.05) is 66.0 Å². The highest BCUT2D eigenvalue weighted by Crippen LogP contribution is 2.44. The molecule has 1 fully saturated rings. The van der Waals surface area contributed by atoms with E-state index < -0.39 is 5.41 Å². The van der Waals surface area contributed by atoms with Gasteiger partial charge in [-0.3, -0.25) is 4.79 Å². The monoisotopic (exact) mass is 482 g/mol. The lowest BCUT2D eigenvalue weighted by molar-refractivity contribution is -0.123. The predicted octanol–water partition coefficient (Wildman–Crippen LogP) is 7.24. The number of hydrogen-bond donors (Lipinski definition) is 0. The number of carbonyl (C=O) groups excluding carboxylic acids is 1. The van der Waals surface area contributed by atoms with E-state index in [0.717, 1.165) is 77.9 Å². The molecule has 5 heteroatoms. The van der Waals surface area contributed by atoms with Crippen LogP contribution < -0.4 is 4.90 Å². The van der Waals surface area contributed by atoms with E-state index in [1.165, 1.54) is 5.56 Å². The number of halogens is 1. The SMILES string of the molecule is CN(C(=O)C1(c2ccc(Cl)cc2)CCCC1)c1ccc(-c2onc3c2CCc2ccccc2-3)cc1. The molecule has 2 aliphatic carbocycles. The van der Waals surface area contributed by atoms with Crippen molar-refractivity contribution in [2.45, 2.75) is 43.9 Å². The highest BCUT2D eigenvalue weighted by Gasteiger charge is 2.44. The van der Waals surface area contributed by atoms with Gasteiger partial charge in [0, 0.05) is 34.4 Å². The molecule has 176 valence electrons. The van der Waals surface area contributed by atoms with Crippen LogP contribution in [0.5, 0.6) is 0 Å². The molecule has 0 atom stereocenters. The normalized spacial score (nSPS) is 15.9. The second kappa shape index (κ2) is 8.69. The van der Waals surface area contributed by atoms with Crippen LogP contribution in [-0.4, -0.2) is 18.1 Å². The van der Waals surface area contributed by atoms with Crippen LogP contribution in [0.2, 0.25) is 5.02 Å². The summed E-state index contributed by atoms with van der Waals surface area (Å²) in [4.78, 5) is 15.6. The second-order valence-corrected chi connectivity index (χ2v) is 10.1. The Bertz CT molecular complexity index is 1380. The number of fused-ring (bicyclic) bond motifs is 3. The number of hydrogen-bond acceptors (Lipinski definition) is 3. The van der Waals surface area contributed by atoms with Gasteiger partial charge in [0.05, 0.1) is 5.41 Å². The van der Waals surface area contributed by atoms with Crippen LogP contribution in [0, 0.1) is 0 Å². The first kappa shape index (κ1) is 22.1. The van der Waals surface area contributed by atoms with Crippen LogP contribution in [0.4, 0.5) is 5.69 Å². The van der Waals surface area contributed by atoms with Gasteiger partial charge >= 0.3 is 0 Å². The van der Waals surface area contributed by atoms with Crippen LogP contribution in [0.3, 0.4) is 0 Å². The van der Waals surface area contributed by atoms with Crippen molar-refractivity contribution in [1.82, 2.24) is 5.16 Å². The van der Waals surface area contributed by atoms with Crippen molar-refractivity contribution >= 4 is 23.2 Å². The van der Waals surface area contributed by atoms with Gasteiger partial charge in [-0.2, -0.15) is 0 Å². The van der Waals surface area contributed by atoms with Crippen LogP contribution >= 0.6 is 11.6 Å². The molecule has 0 saturated heterocycles. The number of nitrogens with zero attached hydrogens (tertiary/aromatic N) is 2. The first-order chi connectivity index (χ1) is 17.1. The van der Waals surface area contributed by atoms with Crippen LogP contribution in [0.15, 0.2) is 77.3 Å². The van der Waals surface area contributed by atoms with Crippen molar-refractivity contribution in [2.75, 3.05) is 11.9 Å². The highest BCUT2D eigenvalue weighted by molar-refractivity contribution is 6.30. The van der Waals surface area contributed by atoms with Gasteiger partial charge in [0.2, 0.25) is 5.91 Å². The van der Waals surface area contributed by atoms with Crippen LogP contribution in [0.1, 0.15) is 42.4 Å². The topological polar surface area (TPSA) is 46.3 Å². The zero-order valence-electron chi connectivity index (χ0n) is 19.8. The molecule has 0 N–H and O–H groups in total. The average Bonchev–Trinajstić information content (AvgIpc) is 3.57. The quantitative estimate of drug-likeness (QED) is 0.308. The van der Waals surface area contributed by atoms with Gasteiger partial charge in [0.15, 0.2) is 5.76 Å². The van der Waals surface area contributed by atoms with Gasteiger partial charge in [-0.15, -0.1) is 0 Å². The lowest BCUT2D eigenvalue weighted by Gasteiger charge is -2.33. The molecule has 1 amide bonds. The number of carbonyl (C=O) groups is 1. The molecular weight excluding hydrogens is 456 g/mol. The van der Waals surface area contributed by atoms with Crippen molar-refractivity contribution in [3.63, 3.8) is 0 Å². The van der Waals surface area contributed by atoms with E-state index in [1.807, 2.05) is 61.6 Å². The van der Waals surface area contributed by atoms with E-state index in [2.05, 4.69) is 23.4 Å². The molecule has 0 radical (unpaired) electrons. The zero-order valence-corrected chi connectivity index (χ0v) is 20.5. The lowest BCUT2D eigenvalue weighted by atomic mass is 9.77. The third kappa shape index (κ3) is 3.68. The number of benzene rings is 3. The Morgan fingerprint density at radius 2 is 1.66 bits per heavy atom. The first-order valence-electron chi connectivity index (χ1n) is 12.3. The Balaban J connectivity index is 1.28. The zero-order chi connectivity index (χ0) is 24.0. The summed E-state index contributed by atoms with van der Waals surface area (Å²) < 4.78 is 5.83. The van der Waals surface area contributed by atoms with Gasteiger partial charge in [0.1, 0.15) is 5.69 Å². The lowest BCUT2D eigenvalue weighted by Crippen LogP contribution is -2.43. The third-order valence-corrected chi connectivity index (χ3v) is 8.04. The van der Waals surface area contributed by atoms with E-state index >= 15 is 0 Å². The number of aromatic nitrogens is 1. The Morgan fingerprint density at radius 3 is 2.40 bits per heavy atom. The first-order valence-corrected chi connectivity index (χ1v) is 12.7. The predicted molar refractivity (Wildman–Crippen MR) is 140 cm³/mol.